The second kappa shape index (κ2) is 10.1. The van der Waals surface area contributed by atoms with Crippen molar-refractivity contribution in [2.45, 2.75) is 24.1 Å². The molecule has 4 aromatic rings. The molecule has 0 bridgehead atoms. The van der Waals surface area contributed by atoms with E-state index in [4.69, 9.17) is 9.47 Å². The van der Waals surface area contributed by atoms with Gasteiger partial charge in [0.25, 0.3) is 0 Å². The number of phenols is 1. The molecule has 2 aromatic heterocycles. The summed E-state index contributed by atoms with van der Waals surface area (Å²) >= 11 is 1.97. The fourth-order valence-electron chi connectivity index (χ4n) is 3.94. The Morgan fingerprint density at radius 2 is 2.12 bits per heavy atom. The lowest BCUT2D eigenvalue weighted by molar-refractivity contribution is 0.0527. The molecule has 1 N–H and O–H groups in total. The normalized spacial score (nSPS) is 12.1. The quantitative estimate of drug-likeness (QED) is 0.260. The van der Waals surface area contributed by atoms with Crippen molar-refractivity contribution in [3.05, 3.63) is 70.3 Å². The minimum absolute atomic E-state index is 0.0258. The van der Waals surface area contributed by atoms with E-state index in [2.05, 4.69) is 20.9 Å². The highest BCUT2D eigenvalue weighted by Crippen LogP contribution is 2.40. The number of fused-ring (bicyclic) bond motifs is 1. The monoisotopic (exact) mass is 545 g/mol. The van der Waals surface area contributed by atoms with Gasteiger partial charge in [0, 0.05) is 36.5 Å². The van der Waals surface area contributed by atoms with Gasteiger partial charge >= 0.3 is 5.97 Å². The minimum Gasteiger partial charge on any atom is -0.611 e. The van der Waals surface area contributed by atoms with Crippen LogP contribution in [0.5, 0.6) is 11.5 Å². The number of halogens is 1. The molecule has 0 saturated carbocycles. The molecule has 0 amide bonds. The van der Waals surface area contributed by atoms with Crippen molar-refractivity contribution in [1.29, 1.82) is 0 Å². The number of hydrogen-bond acceptors (Lipinski definition) is 6. The lowest BCUT2D eigenvalue weighted by atomic mass is 10.0. The molecule has 2 aromatic carbocycles. The van der Waals surface area contributed by atoms with Gasteiger partial charge in [0.05, 0.1) is 47.8 Å². The molecule has 1 unspecified atom stereocenters. The zero-order valence-electron chi connectivity index (χ0n) is 18.9. The molecule has 10 heteroatoms. The molecular weight excluding hydrogens is 522 g/mol. The third-order valence-corrected chi connectivity index (χ3v) is 7.51. The number of esters is 1. The molecule has 0 fully saturated rings. The maximum Gasteiger partial charge on any atom is 0.340 e. The number of hydrogen-bond donors (Lipinski definition) is 1. The predicted molar refractivity (Wildman–Crippen MR) is 133 cm³/mol. The Hall–Kier alpha value is -2.95. The first-order valence-corrected chi connectivity index (χ1v) is 12.6. The molecule has 2 heterocycles. The summed E-state index contributed by atoms with van der Waals surface area (Å²) in [6, 6.07) is 8.79. The van der Waals surface area contributed by atoms with Crippen LogP contribution in [0.25, 0.3) is 10.9 Å². The Balaban J connectivity index is 1.91. The van der Waals surface area contributed by atoms with Crippen LogP contribution < -0.4 is 4.74 Å². The number of phenolic OH excluding ortho intramolecular Hbond substituents is 1. The van der Waals surface area contributed by atoms with Crippen LogP contribution in [-0.2, 0) is 35.3 Å². The van der Waals surface area contributed by atoms with E-state index in [0.29, 0.717) is 42.8 Å². The highest BCUT2D eigenvalue weighted by Gasteiger charge is 2.30. The van der Waals surface area contributed by atoms with Gasteiger partial charge in [-0.2, -0.15) is 0 Å². The maximum absolute atomic E-state index is 13.3. The third kappa shape index (κ3) is 4.53. The summed E-state index contributed by atoms with van der Waals surface area (Å²) in [7, 11) is 3.37. The van der Waals surface area contributed by atoms with Gasteiger partial charge in [0.2, 0.25) is 0 Å². The summed E-state index contributed by atoms with van der Waals surface area (Å²) in [5.41, 5.74) is 2.10. The van der Waals surface area contributed by atoms with Crippen LogP contribution in [0, 0.1) is 0 Å². The van der Waals surface area contributed by atoms with E-state index in [0.717, 1.165) is 0 Å². The minimum atomic E-state index is -1.46. The fourth-order valence-corrected chi connectivity index (χ4v) is 5.62. The highest BCUT2D eigenvalue weighted by atomic mass is 79.9. The average Bonchev–Trinajstić information content (AvgIpc) is 3.44. The van der Waals surface area contributed by atoms with E-state index in [1.807, 2.05) is 11.6 Å². The van der Waals surface area contributed by atoms with Gasteiger partial charge in [-0.05, 0) is 52.2 Å². The second-order valence-corrected chi connectivity index (χ2v) is 9.89. The van der Waals surface area contributed by atoms with Gasteiger partial charge in [-0.25, -0.2) is 9.78 Å². The zero-order chi connectivity index (χ0) is 24.4. The Kier molecular flexibility index (Phi) is 7.20. The molecule has 0 radical (unpaired) electrons. The molecule has 1 atom stereocenters. The molecule has 0 aliphatic rings. The van der Waals surface area contributed by atoms with Crippen molar-refractivity contribution >= 4 is 44.0 Å². The number of benzene rings is 2. The summed E-state index contributed by atoms with van der Waals surface area (Å²) in [6.45, 7) is 2.21. The van der Waals surface area contributed by atoms with Crippen molar-refractivity contribution in [3.8, 4) is 11.5 Å². The molecule has 0 aliphatic heterocycles. The maximum atomic E-state index is 13.3. The van der Waals surface area contributed by atoms with Crippen molar-refractivity contribution in [1.82, 2.24) is 14.1 Å². The summed E-state index contributed by atoms with van der Waals surface area (Å²) in [5, 5.41) is 11.5. The van der Waals surface area contributed by atoms with E-state index in [1.165, 1.54) is 0 Å². The number of methoxy groups -OCH3 is 1. The van der Waals surface area contributed by atoms with Gasteiger partial charge in [-0.1, -0.05) is 6.07 Å². The number of aryl methyl sites for hydroxylation is 1. The molecule has 8 nitrogen and oxygen atoms in total. The number of carbonyl (C=O) groups is 1. The van der Waals surface area contributed by atoms with Crippen LogP contribution in [0.2, 0.25) is 0 Å². The number of imidazole rings is 1. The molecule has 0 spiro atoms. The highest BCUT2D eigenvalue weighted by molar-refractivity contribution is 9.10. The molecule has 178 valence electrons. The van der Waals surface area contributed by atoms with Gasteiger partial charge in [0.15, 0.2) is 10.6 Å². The first-order chi connectivity index (χ1) is 16.3. The van der Waals surface area contributed by atoms with Crippen LogP contribution in [0.3, 0.4) is 0 Å². The second-order valence-electron chi connectivity index (χ2n) is 7.58. The Labute approximate surface area is 208 Å². The van der Waals surface area contributed by atoms with Crippen molar-refractivity contribution in [2.24, 2.45) is 7.05 Å². The first-order valence-electron chi connectivity index (χ1n) is 10.5. The SMILES string of the molecule is CCOC(=O)c1c(C[S+]([O-])c2cccc(OC)c2)n(C)c2cc(Br)c(O)c(Cn3ccnc3)c12. The zero-order valence-corrected chi connectivity index (χ0v) is 21.4. The van der Waals surface area contributed by atoms with Gasteiger partial charge in [0.1, 0.15) is 11.5 Å². The smallest absolute Gasteiger partial charge is 0.340 e. The van der Waals surface area contributed by atoms with Crippen LogP contribution in [0.15, 0.2) is 58.4 Å². The van der Waals surface area contributed by atoms with Crippen LogP contribution in [0.1, 0.15) is 28.5 Å². The summed E-state index contributed by atoms with van der Waals surface area (Å²) in [6.07, 6.45) is 5.06. The topological polar surface area (TPSA) is 102 Å². The average molecular weight is 546 g/mol. The Morgan fingerprint density at radius 1 is 1.32 bits per heavy atom. The van der Waals surface area contributed by atoms with E-state index in [9.17, 15) is 14.5 Å². The van der Waals surface area contributed by atoms with Crippen molar-refractivity contribution < 1.29 is 23.9 Å². The summed E-state index contributed by atoms with van der Waals surface area (Å²) in [4.78, 5) is 17.9. The molecule has 0 aliphatic carbocycles. The number of carbonyl (C=O) groups excluding carboxylic acids is 1. The van der Waals surface area contributed by atoms with E-state index in [-0.39, 0.29) is 24.7 Å². The number of nitrogens with zero attached hydrogens (tertiary/aromatic N) is 3. The molecule has 4 rings (SSSR count). The predicted octanol–water partition coefficient (Wildman–Crippen LogP) is 4.38. The number of aromatic nitrogens is 3. The number of rotatable bonds is 8. The first kappa shape index (κ1) is 24.2. The fraction of sp³-hybridized carbons (Fsp3) is 0.250. The third-order valence-electron chi connectivity index (χ3n) is 5.59. The standard InChI is InChI=1S/C24H24BrN3O5S/c1-4-33-24(30)22-20(13-34(31)16-7-5-6-15(10-16)32-3)27(2)19-11-18(25)23(29)17(21(19)22)12-28-9-8-26-14-28/h5-11,14,29H,4,12-13H2,1-3H3. The van der Waals surface area contributed by atoms with E-state index in [1.54, 1.807) is 67.7 Å². The Morgan fingerprint density at radius 3 is 2.79 bits per heavy atom. The lowest BCUT2D eigenvalue weighted by Crippen LogP contribution is -2.14. The number of aromatic hydroxyl groups is 1. The summed E-state index contributed by atoms with van der Waals surface area (Å²) in [5.74, 6) is 0.178. The molecule has 34 heavy (non-hydrogen) atoms. The largest absolute Gasteiger partial charge is 0.611 e. The van der Waals surface area contributed by atoms with Gasteiger partial charge in [-0.3, -0.25) is 0 Å². The number of ether oxygens (including phenoxy) is 2. The Bertz CT molecular complexity index is 1340. The molecule has 0 saturated heterocycles. The van der Waals surface area contributed by atoms with Crippen LogP contribution in [-0.4, -0.2) is 43.5 Å². The van der Waals surface area contributed by atoms with Crippen LogP contribution in [0.4, 0.5) is 0 Å². The lowest BCUT2D eigenvalue weighted by Gasteiger charge is -2.13. The van der Waals surface area contributed by atoms with Crippen LogP contribution >= 0.6 is 15.9 Å². The van der Waals surface area contributed by atoms with Crippen molar-refractivity contribution in [3.63, 3.8) is 0 Å². The van der Waals surface area contributed by atoms with E-state index < -0.39 is 17.1 Å². The summed E-state index contributed by atoms with van der Waals surface area (Å²) < 4.78 is 28.1. The van der Waals surface area contributed by atoms with Crippen molar-refractivity contribution in [2.75, 3.05) is 13.7 Å². The molecular formula is C24H24BrN3O5S. The van der Waals surface area contributed by atoms with E-state index >= 15 is 0 Å². The van der Waals surface area contributed by atoms with Gasteiger partial charge in [-0.15, -0.1) is 0 Å². The van der Waals surface area contributed by atoms with Gasteiger partial charge < -0.3 is 28.3 Å².